The largest absolute Gasteiger partial charge is 0.238 e. The van der Waals surface area contributed by atoms with E-state index in [1.165, 1.54) is 73.3 Å². The molecule has 0 nitrogen and oxygen atoms in total. The smallest absolute Gasteiger partial charge is 0.211 e. The van der Waals surface area contributed by atoms with Crippen LogP contribution in [0.5, 0.6) is 0 Å². The fourth-order valence-corrected chi connectivity index (χ4v) is 4.58. The second-order valence-electron chi connectivity index (χ2n) is 5.42. The van der Waals surface area contributed by atoms with Gasteiger partial charge in [0.15, 0.2) is 0 Å². The third kappa shape index (κ3) is 16.3. The lowest BCUT2D eigenvalue weighted by Gasteiger charge is -2.02. The summed E-state index contributed by atoms with van der Waals surface area (Å²) < 4.78 is 23.7. The fourth-order valence-electron chi connectivity index (χ4n) is 2.32. The predicted molar refractivity (Wildman–Crippen MR) is 85.1 cm³/mol. The van der Waals surface area contributed by atoms with E-state index >= 15 is 0 Å². The summed E-state index contributed by atoms with van der Waals surface area (Å²) in [6.07, 6.45) is 9.41. The van der Waals surface area contributed by atoms with Gasteiger partial charge in [0.2, 0.25) is 6.43 Å². The molecular formula is C14H32F2Si2. The molecule has 0 aliphatic rings. The summed E-state index contributed by atoms with van der Waals surface area (Å²) in [7, 11) is 1.59. The van der Waals surface area contributed by atoms with Crippen molar-refractivity contribution >= 4 is 19.8 Å². The maximum absolute atomic E-state index is 11.9. The highest BCUT2D eigenvalue weighted by molar-refractivity contribution is 6.35. The van der Waals surface area contributed by atoms with Crippen LogP contribution in [-0.2, 0) is 0 Å². The van der Waals surface area contributed by atoms with E-state index in [2.05, 4.69) is 0 Å². The van der Waals surface area contributed by atoms with Crippen LogP contribution in [0.2, 0.25) is 18.1 Å². The number of unbranched alkanes of at least 4 members (excludes halogenated alkanes) is 7. The molecule has 0 radical (unpaired) electrons. The Hall–Kier alpha value is 0.294. The molecule has 0 aliphatic carbocycles. The van der Waals surface area contributed by atoms with Crippen molar-refractivity contribution in [3.05, 3.63) is 0 Å². The van der Waals surface area contributed by atoms with E-state index in [0.29, 0.717) is 0 Å². The van der Waals surface area contributed by atoms with Crippen molar-refractivity contribution in [2.75, 3.05) is 0 Å². The highest BCUT2D eigenvalue weighted by Crippen LogP contribution is 2.12. The van der Waals surface area contributed by atoms with E-state index in [1.807, 2.05) is 0 Å². The van der Waals surface area contributed by atoms with Crippen molar-refractivity contribution in [2.45, 2.75) is 88.8 Å². The molecule has 0 unspecified atom stereocenters. The van der Waals surface area contributed by atoms with Crippen molar-refractivity contribution in [1.29, 1.82) is 0 Å². The molecule has 0 heterocycles. The minimum Gasteiger partial charge on any atom is -0.211 e. The van der Waals surface area contributed by atoms with E-state index < -0.39 is 6.43 Å². The Bertz CT molecular complexity index is 155. The highest BCUT2D eigenvalue weighted by Gasteiger charge is 2.00. The van der Waals surface area contributed by atoms with Crippen LogP contribution in [0.15, 0.2) is 0 Å². The molecule has 0 saturated heterocycles. The van der Waals surface area contributed by atoms with Crippen molar-refractivity contribution in [3.63, 3.8) is 0 Å². The third-order valence-electron chi connectivity index (χ3n) is 3.53. The topological polar surface area (TPSA) is 0 Å². The van der Waals surface area contributed by atoms with Crippen LogP contribution >= 0.6 is 0 Å². The summed E-state index contributed by atoms with van der Waals surface area (Å²) >= 11 is 0. The predicted octanol–water partition coefficient (Wildman–Crippen LogP) is 3.94. The lowest BCUT2D eigenvalue weighted by Crippen LogP contribution is -1.91. The standard InChI is InChI=1S/C14H32F2Si2/c15-14(16)10-6-2-1-4-8-12-18-13-9-5-3-7-11-17/h14H,1-13,18H2,17H3. The lowest BCUT2D eigenvalue weighted by molar-refractivity contribution is 0.133. The Balaban J connectivity index is 2.90. The summed E-state index contributed by atoms with van der Waals surface area (Å²) in [6, 6.07) is 4.49. The molecule has 0 aromatic heterocycles. The van der Waals surface area contributed by atoms with Gasteiger partial charge in [-0.3, -0.25) is 0 Å². The summed E-state index contributed by atoms with van der Waals surface area (Å²) in [5.74, 6) is 0. The molecule has 0 atom stereocenters. The van der Waals surface area contributed by atoms with Crippen molar-refractivity contribution in [1.82, 2.24) is 0 Å². The molecule has 0 saturated carbocycles. The number of halogens is 2. The first-order valence-corrected chi connectivity index (χ1v) is 11.5. The molecule has 0 fully saturated rings. The quantitative estimate of drug-likeness (QED) is 0.336. The first-order valence-electron chi connectivity index (χ1n) is 8.05. The van der Waals surface area contributed by atoms with Crippen LogP contribution in [0.4, 0.5) is 8.78 Å². The Morgan fingerprint density at radius 2 is 1.22 bits per heavy atom. The molecule has 0 bridgehead atoms. The Morgan fingerprint density at radius 3 is 1.78 bits per heavy atom. The number of alkyl halides is 2. The van der Waals surface area contributed by atoms with E-state index in [9.17, 15) is 8.78 Å². The average Bonchev–Trinajstić information content (AvgIpc) is 2.34. The van der Waals surface area contributed by atoms with Crippen molar-refractivity contribution in [2.24, 2.45) is 0 Å². The van der Waals surface area contributed by atoms with Gasteiger partial charge in [0.1, 0.15) is 0 Å². The molecule has 0 aliphatic heterocycles. The second-order valence-corrected chi connectivity index (χ2v) is 8.54. The second kappa shape index (κ2) is 15.4. The number of hydrogen-bond acceptors (Lipinski definition) is 0. The molecule has 18 heavy (non-hydrogen) atoms. The first-order chi connectivity index (χ1) is 8.77. The lowest BCUT2D eigenvalue weighted by atomic mass is 10.1. The van der Waals surface area contributed by atoms with E-state index in [4.69, 9.17) is 0 Å². The summed E-state index contributed by atoms with van der Waals surface area (Å²) in [6.45, 7) is 0. The van der Waals surface area contributed by atoms with Crippen LogP contribution in [0.3, 0.4) is 0 Å². The zero-order chi connectivity index (χ0) is 13.5. The molecule has 0 rings (SSSR count). The maximum Gasteiger partial charge on any atom is 0.238 e. The van der Waals surface area contributed by atoms with Crippen LogP contribution in [0.1, 0.15) is 64.2 Å². The molecule has 0 N–H and O–H groups in total. The van der Waals surface area contributed by atoms with E-state index in [1.54, 1.807) is 0 Å². The SMILES string of the molecule is FC(F)CCCCCCC[SiH2]CCCCCC[SiH3]. The number of hydrogen-bond donors (Lipinski definition) is 0. The Morgan fingerprint density at radius 1 is 0.722 bits per heavy atom. The van der Waals surface area contributed by atoms with Crippen LogP contribution in [0.25, 0.3) is 0 Å². The minimum atomic E-state index is -2.09. The van der Waals surface area contributed by atoms with Gasteiger partial charge < -0.3 is 0 Å². The first kappa shape index (κ1) is 18.3. The fraction of sp³-hybridized carbons (Fsp3) is 1.00. The van der Waals surface area contributed by atoms with Gasteiger partial charge in [-0.2, -0.15) is 0 Å². The van der Waals surface area contributed by atoms with Crippen LogP contribution < -0.4 is 0 Å². The van der Waals surface area contributed by atoms with Crippen LogP contribution in [-0.4, -0.2) is 26.2 Å². The van der Waals surface area contributed by atoms with Gasteiger partial charge in [0, 0.05) is 26.2 Å². The van der Waals surface area contributed by atoms with Gasteiger partial charge in [-0.15, -0.1) is 0 Å². The molecule has 0 aromatic rings. The van der Waals surface area contributed by atoms with Crippen molar-refractivity contribution < 1.29 is 8.78 Å². The van der Waals surface area contributed by atoms with Gasteiger partial charge in [0.25, 0.3) is 0 Å². The highest BCUT2D eigenvalue weighted by atomic mass is 28.2. The third-order valence-corrected chi connectivity index (χ3v) is 6.23. The molecule has 0 amide bonds. The van der Waals surface area contributed by atoms with E-state index in [-0.39, 0.29) is 15.9 Å². The van der Waals surface area contributed by atoms with Crippen LogP contribution in [0, 0.1) is 0 Å². The maximum atomic E-state index is 11.9. The Labute approximate surface area is 118 Å². The molecule has 4 heteroatoms. The van der Waals surface area contributed by atoms with Gasteiger partial charge in [0.05, 0.1) is 0 Å². The van der Waals surface area contributed by atoms with Gasteiger partial charge in [-0.25, -0.2) is 8.78 Å². The monoisotopic (exact) mass is 294 g/mol. The average molecular weight is 295 g/mol. The Kier molecular flexibility index (Phi) is 15.6. The molecule has 0 spiro atoms. The van der Waals surface area contributed by atoms with Gasteiger partial charge in [-0.05, 0) is 6.42 Å². The summed E-state index contributed by atoms with van der Waals surface area (Å²) in [5.41, 5.74) is 0. The summed E-state index contributed by atoms with van der Waals surface area (Å²) in [5, 5.41) is 0. The summed E-state index contributed by atoms with van der Waals surface area (Å²) in [4.78, 5) is 0. The van der Waals surface area contributed by atoms with E-state index in [0.717, 1.165) is 12.8 Å². The van der Waals surface area contributed by atoms with Gasteiger partial charge >= 0.3 is 0 Å². The normalized spacial score (nSPS) is 12.2. The molecular weight excluding hydrogens is 262 g/mol. The molecule has 110 valence electrons. The zero-order valence-electron chi connectivity index (χ0n) is 12.2. The van der Waals surface area contributed by atoms with Crippen molar-refractivity contribution in [3.8, 4) is 0 Å². The number of rotatable bonds is 14. The molecule has 0 aromatic carbocycles. The minimum absolute atomic E-state index is 0.106. The zero-order valence-corrected chi connectivity index (χ0v) is 15.6. The van der Waals surface area contributed by atoms with Gasteiger partial charge in [-0.1, -0.05) is 69.5 Å².